The van der Waals surface area contributed by atoms with Crippen molar-refractivity contribution in [2.45, 2.75) is 13.3 Å². The fourth-order valence-corrected chi connectivity index (χ4v) is 2.34. The van der Waals surface area contributed by atoms with E-state index in [9.17, 15) is 0 Å². The van der Waals surface area contributed by atoms with Gasteiger partial charge in [0.05, 0.1) is 0 Å². The van der Waals surface area contributed by atoms with Gasteiger partial charge in [-0.1, -0.05) is 33.6 Å². The number of nitrogens with two attached hydrogens (primary N) is 1. The monoisotopic (exact) mass is 339 g/mol. The smallest absolute Gasteiger partial charge is 0.132 e. The lowest BCUT2D eigenvalue weighted by Gasteiger charge is -2.13. The largest absolute Gasteiger partial charge is 0.457 e. The molecule has 2 N–H and O–H groups in total. The number of aryl methyl sites for hydroxylation is 1. The van der Waals surface area contributed by atoms with Crippen LogP contribution in [-0.4, -0.2) is 6.54 Å². The first kappa shape index (κ1) is 14.4. The van der Waals surface area contributed by atoms with Gasteiger partial charge in [-0.3, -0.25) is 0 Å². The average Bonchev–Trinajstić information content (AvgIpc) is 2.38. The fourth-order valence-electron chi connectivity index (χ4n) is 1.83. The molecule has 0 aliphatic heterocycles. The SMILES string of the molecule is Cc1cc(Oc2cccc(Cl)c2CCN)ccc1Br. The molecule has 0 atom stereocenters. The highest BCUT2D eigenvalue weighted by atomic mass is 79.9. The minimum Gasteiger partial charge on any atom is -0.457 e. The molecule has 100 valence electrons. The first-order valence-corrected chi connectivity index (χ1v) is 7.20. The molecule has 2 nitrogen and oxygen atoms in total. The predicted molar refractivity (Wildman–Crippen MR) is 83.2 cm³/mol. The summed E-state index contributed by atoms with van der Waals surface area (Å²) in [4.78, 5) is 0. The lowest BCUT2D eigenvalue weighted by Crippen LogP contribution is -2.04. The van der Waals surface area contributed by atoms with Crippen LogP contribution < -0.4 is 10.5 Å². The average molecular weight is 341 g/mol. The molecule has 0 unspecified atom stereocenters. The maximum Gasteiger partial charge on any atom is 0.132 e. The Morgan fingerprint density at radius 2 is 2.05 bits per heavy atom. The van der Waals surface area contributed by atoms with E-state index in [1.165, 1.54) is 0 Å². The van der Waals surface area contributed by atoms with Crippen LogP contribution >= 0.6 is 27.5 Å². The normalized spacial score (nSPS) is 10.5. The Hall–Kier alpha value is -1.03. The second kappa shape index (κ2) is 6.42. The summed E-state index contributed by atoms with van der Waals surface area (Å²) < 4.78 is 6.98. The van der Waals surface area contributed by atoms with Crippen molar-refractivity contribution in [1.29, 1.82) is 0 Å². The van der Waals surface area contributed by atoms with Crippen LogP contribution in [0.25, 0.3) is 0 Å². The topological polar surface area (TPSA) is 35.2 Å². The Morgan fingerprint density at radius 1 is 1.26 bits per heavy atom. The molecule has 0 saturated carbocycles. The van der Waals surface area contributed by atoms with Gasteiger partial charge < -0.3 is 10.5 Å². The van der Waals surface area contributed by atoms with Crippen molar-refractivity contribution in [3.63, 3.8) is 0 Å². The second-order valence-electron chi connectivity index (χ2n) is 4.27. The minimum atomic E-state index is 0.541. The van der Waals surface area contributed by atoms with E-state index < -0.39 is 0 Å². The third-order valence-electron chi connectivity index (χ3n) is 2.83. The van der Waals surface area contributed by atoms with Crippen LogP contribution in [0.3, 0.4) is 0 Å². The van der Waals surface area contributed by atoms with Gasteiger partial charge in [0.15, 0.2) is 0 Å². The molecular formula is C15H15BrClNO. The lowest BCUT2D eigenvalue weighted by molar-refractivity contribution is 0.476. The summed E-state index contributed by atoms with van der Waals surface area (Å²) in [6, 6.07) is 11.5. The minimum absolute atomic E-state index is 0.541. The van der Waals surface area contributed by atoms with E-state index in [2.05, 4.69) is 15.9 Å². The summed E-state index contributed by atoms with van der Waals surface area (Å²) in [6.07, 6.45) is 0.699. The molecule has 4 heteroatoms. The fraction of sp³-hybridized carbons (Fsp3) is 0.200. The Bertz CT molecular complexity index is 586. The first-order valence-electron chi connectivity index (χ1n) is 6.03. The molecule has 0 spiro atoms. The van der Waals surface area contributed by atoms with E-state index in [0.29, 0.717) is 18.0 Å². The Morgan fingerprint density at radius 3 is 2.74 bits per heavy atom. The van der Waals surface area contributed by atoms with Crippen LogP contribution in [0.5, 0.6) is 11.5 Å². The summed E-state index contributed by atoms with van der Waals surface area (Å²) >= 11 is 9.66. The zero-order chi connectivity index (χ0) is 13.8. The van der Waals surface area contributed by atoms with Gasteiger partial charge >= 0.3 is 0 Å². The van der Waals surface area contributed by atoms with Crippen molar-refractivity contribution in [3.05, 3.63) is 57.0 Å². The van der Waals surface area contributed by atoms with Gasteiger partial charge in [-0.25, -0.2) is 0 Å². The zero-order valence-electron chi connectivity index (χ0n) is 10.6. The Kier molecular flexibility index (Phi) is 4.86. The molecule has 0 saturated heterocycles. The number of hydrogen-bond acceptors (Lipinski definition) is 2. The summed E-state index contributed by atoms with van der Waals surface area (Å²) in [6.45, 7) is 2.56. The van der Waals surface area contributed by atoms with Crippen molar-refractivity contribution in [2.75, 3.05) is 6.54 Å². The number of rotatable bonds is 4. The molecule has 0 fully saturated rings. The van der Waals surface area contributed by atoms with E-state index in [0.717, 1.165) is 27.1 Å². The standard InChI is InChI=1S/C15H15BrClNO/c1-10-9-11(5-6-13(10)16)19-15-4-2-3-14(17)12(15)7-8-18/h2-6,9H,7-8,18H2,1H3. The van der Waals surface area contributed by atoms with Crippen LogP contribution in [0.2, 0.25) is 5.02 Å². The summed E-state index contributed by atoms with van der Waals surface area (Å²) in [5, 5.41) is 0.691. The quantitative estimate of drug-likeness (QED) is 0.875. The molecule has 0 heterocycles. The van der Waals surface area contributed by atoms with Gasteiger partial charge in [-0.15, -0.1) is 0 Å². The number of benzene rings is 2. The van der Waals surface area contributed by atoms with Crippen LogP contribution in [-0.2, 0) is 6.42 Å². The predicted octanol–water partition coefficient (Wildman–Crippen LogP) is 4.70. The lowest BCUT2D eigenvalue weighted by atomic mass is 10.1. The van der Waals surface area contributed by atoms with E-state index >= 15 is 0 Å². The van der Waals surface area contributed by atoms with Gasteiger partial charge in [0.1, 0.15) is 11.5 Å². The highest BCUT2D eigenvalue weighted by molar-refractivity contribution is 9.10. The second-order valence-corrected chi connectivity index (χ2v) is 5.53. The third kappa shape index (κ3) is 3.50. The highest BCUT2D eigenvalue weighted by Gasteiger charge is 2.09. The molecular weight excluding hydrogens is 326 g/mol. The van der Waals surface area contributed by atoms with E-state index in [1.54, 1.807) is 0 Å². The van der Waals surface area contributed by atoms with Gasteiger partial charge in [-0.05, 0) is 55.8 Å². The van der Waals surface area contributed by atoms with Crippen molar-refractivity contribution < 1.29 is 4.74 Å². The van der Waals surface area contributed by atoms with Gasteiger partial charge in [0, 0.05) is 15.1 Å². The molecule has 0 aromatic heterocycles. The van der Waals surface area contributed by atoms with Crippen LogP contribution in [0.15, 0.2) is 40.9 Å². The van der Waals surface area contributed by atoms with Crippen LogP contribution in [0.4, 0.5) is 0 Å². The molecule has 2 aromatic rings. The highest BCUT2D eigenvalue weighted by Crippen LogP contribution is 2.32. The number of halogens is 2. The Balaban J connectivity index is 2.32. The summed E-state index contributed by atoms with van der Waals surface area (Å²) in [7, 11) is 0. The molecule has 2 aromatic carbocycles. The Labute approximate surface area is 126 Å². The van der Waals surface area contributed by atoms with Gasteiger partial charge in [0.2, 0.25) is 0 Å². The third-order valence-corrected chi connectivity index (χ3v) is 4.07. The molecule has 0 aliphatic carbocycles. The maximum absolute atomic E-state index is 6.19. The molecule has 2 rings (SSSR count). The van der Waals surface area contributed by atoms with Crippen molar-refractivity contribution in [1.82, 2.24) is 0 Å². The first-order chi connectivity index (χ1) is 9.11. The van der Waals surface area contributed by atoms with Gasteiger partial charge in [0.25, 0.3) is 0 Å². The van der Waals surface area contributed by atoms with E-state index in [-0.39, 0.29) is 0 Å². The van der Waals surface area contributed by atoms with Crippen LogP contribution in [0.1, 0.15) is 11.1 Å². The van der Waals surface area contributed by atoms with Gasteiger partial charge in [-0.2, -0.15) is 0 Å². The van der Waals surface area contributed by atoms with E-state index in [1.807, 2.05) is 43.3 Å². The maximum atomic E-state index is 6.19. The molecule has 0 radical (unpaired) electrons. The molecule has 0 amide bonds. The molecule has 0 bridgehead atoms. The summed E-state index contributed by atoms with van der Waals surface area (Å²) in [5.41, 5.74) is 7.69. The molecule has 19 heavy (non-hydrogen) atoms. The zero-order valence-corrected chi connectivity index (χ0v) is 13.0. The summed E-state index contributed by atoms with van der Waals surface area (Å²) in [5.74, 6) is 1.56. The molecule has 0 aliphatic rings. The van der Waals surface area contributed by atoms with Crippen molar-refractivity contribution >= 4 is 27.5 Å². The van der Waals surface area contributed by atoms with Crippen LogP contribution in [0, 0.1) is 6.92 Å². The van der Waals surface area contributed by atoms with Crippen molar-refractivity contribution in [3.8, 4) is 11.5 Å². The number of hydrogen-bond donors (Lipinski definition) is 1. The van der Waals surface area contributed by atoms with Crippen molar-refractivity contribution in [2.24, 2.45) is 5.73 Å². The number of ether oxygens (including phenoxy) is 1. The van der Waals surface area contributed by atoms with E-state index in [4.69, 9.17) is 22.1 Å².